The van der Waals surface area contributed by atoms with Gasteiger partial charge in [-0.05, 0) is 30.2 Å². The molecule has 29 heavy (non-hydrogen) atoms. The summed E-state index contributed by atoms with van der Waals surface area (Å²) >= 11 is 0. The summed E-state index contributed by atoms with van der Waals surface area (Å²) in [4.78, 5) is 25.8. The summed E-state index contributed by atoms with van der Waals surface area (Å²) in [6.07, 6.45) is 0. The molecule has 3 aromatic carbocycles. The van der Waals surface area contributed by atoms with Crippen molar-refractivity contribution in [3.8, 4) is 5.75 Å². The second kappa shape index (κ2) is 9.50. The third-order valence-corrected chi connectivity index (χ3v) is 4.42. The second-order valence-electron chi connectivity index (χ2n) is 6.51. The van der Waals surface area contributed by atoms with E-state index in [1.807, 2.05) is 60.7 Å². The van der Waals surface area contributed by atoms with E-state index < -0.39 is 4.92 Å². The highest BCUT2D eigenvalue weighted by Crippen LogP contribution is 2.29. The van der Waals surface area contributed by atoms with Crippen molar-refractivity contribution in [3.63, 3.8) is 0 Å². The zero-order valence-electron chi connectivity index (χ0n) is 16.2. The van der Waals surface area contributed by atoms with E-state index in [0.29, 0.717) is 19.7 Å². The van der Waals surface area contributed by atoms with Crippen LogP contribution in [0.5, 0.6) is 5.75 Å². The highest BCUT2D eigenvalue weighted by molar-refractivity contribution is 5.95. The van der Waals surface area contributed by atoms with Crippen molar-refractivity contribution < 1.29 is 14.5 Å². The van der Waals surface area contributed by atoms with E-state index in [2.05, 4.69) is 0 Å². The average Bonchev–Trinajstić information content (AvgIpc) is 2.74. The molecule has 6 nitrogen and oxygen atoms in total. The van der Waals surface area contributed by atoms with Crippen LogP contribution in [0.25, 0.3) is 0 Å². The first-order valence-corrected chi connectivity index (χ1v) is 9.37. The monoisotopic (exact) mass is 390 g/mol. The van der Waals surface area contributed by atoms with Crippen LogP contribution in [0.3, 0.4) is 0 Å². The van der Waals surface area contributed by atoms with Gasteiger partial charge in [-0.15, -0.1) is 0 Å². The van der Waals surface area contributed by atoms with E-state index in [-0.39, 0.29) is 22.9 Å². The lowest BCUT2D eigenvalue weighted by molar-refractivity contribution is -0.385. The molecule has 0 radical (unpaired) electrons. The van der Waals surface area contributed by atoms with Crippen LogP contribution >= 0.6 is 0 Å². The first-order valence-electron chi connectivity index (χ1n) is 9.37. The summed E-state index contributed by atoms with van der Waals surface area (Å²) < 4.78 is 5.32. The van der Waals surface area contributed by atoms with Crippen molar-refractivity contribution in [1.82, 2.24) is 4.90 Å². The van der Waals surface area contributed by atoms with Crippen LogP contribution in [0.4, 0.5) is 5.69 Å². The molecule has 0 aliphatic heterocycles. The Balaban J connectivity index is 1.93. The number of rotatable bonds is 8. The van der Waals surface area contributed by atoms with Gasteiger partial charge in [0.25, 0.3) is 5.91 Å². The van der Waals surface area contributed by atoms with Crippen LogP contribution in [-0.2, 0) is 13.1 Å². The number of nitrogens with zero attached hydrogens (tertiary/aromatic N) is 2. The van der Waals surface area contributed by atoms with Gasteiger partial charge < -0.3 is 9.64 Å². The lowest BCUT2D eigenvalue weighted by Crippen LogP contribution is -2.30. The number of ether oxygens (including phenoxy) is 1. The number of nitro benzene ring substituents is 1. The maximum Gasteiger partial charge on any atom is 0.311 e. The number of nitro groups is 1. The standard InChI is InChI=1S/C23H22N2O4/c1-2-29-22-14-13-20(15-21(22)25(27)28)23(26)24(16-18-9-5-3-6-10-18)17-19-11-7-4-8-12-19/h3-15H,2,16-17H2,1H3. The zero-order valence-corrected chi connectivity index (χ0v) is 16.2. The Labute approximate surface area is 169 Å². The number of amides is 1. The van der Waals surface area contributed by atoms with Crippen molar-refractivity contribution in [3.05, 3.63) is 106 Å². The molecule has 0 heterocycles. The predicted molar refractivity (Wildman–Crippen MR) is 111 cm³/mol. The SMILES string of the molecule is CCOc1ccc(C(=O)N(Cc2ccccc2)Cc2ccccc2)cc1[N+](=O)[O-]. The fourth-order valence-corrected chi connectivity index (χ4v) is 3.06. The third-order valence-electron chi connectivity index (χ3n) is 4.42. The number of benzene rings is 3. The summed E-state index contributed by atoms with van der Waals surface area (Å²) in [6.45, 7) is 2.86. The van der Waals surface area contributed by atoms with Crippen LogP contribution < -0.4 is 4.74 Å². The fraction of sp³-hybridized carbons (Fsp3) is 0.174. The van der Waals surface area contributed by atoms with Crippen LogP contribution in [0.15, 0.2) is 78.9 Å². The molecule has 0 atom stereocenters. The van der Waals surface area contributed by atoms with E-state index in [0.717, 1.165) is 11.1 Å². The van der Waals surface area contributed by atoms with E-state index >= 15 is 0 Å². The molecule has 0 unspecified atom stereocenters. The molecule has 0 fully saturated rings. The minimum Gasteiger partial charge on any atom is -0.487 e. The van der Waals surface area contributed by atoms with Gasteiger partial charge in [0.2, 0.25) is 0 Å². The van der Waals surface area contributed by atoms with Crippen molar-refractivity contribution in [1.29, 1.82) is 0 Å². The van der Waals surface area contributed by atoms with Crippen molar-refractivity contribution in [2.24, 2.45) is 0 Å². The van der Waals surface area contributed by atoms with Crippen LogP contribution in [0, 0.1) is 10.1 Å². The second-order valence-corrected chi connectivity index (χ2v) is 6.51. The molecule has 0 saturated heterocycles. The van der Waals surface area contributed by atoms with E-state index in [4.69, 9.17) is 4.74 Å². The topological polar surface area (TPSA) is 72.7 Å². The van der Waals surface area contributed by atoms with Crippen molar-refractivity contribution in [2.75, 3.05) is 6.61 Å². The van der Waals surface area contributed by atoms with Crippen molar-refractivity contribution in [2.45, 2.75) is 20.0 Å². The highest BCUT2D eigenvalue weighted by Gasteiger charge is 2.22. The zero-order chi connectivity index (χ0) is 20.6. The third kappa shape index (κ3) is 5.19. The number of carbonyl (C=O) groups is 1. The quantitative estimate of drug-likeness (QED) is 0.408. The maximum atomic E-state index is 13.3. The molecule has 3 aromatic rings. The summed E-state index contributed by atoms with van der Waals surface area (Å²) in [6, 6.07) is 23.7. The minimum absolute atomic E-state index is 0.159. The maximum absolute atomic E-state index is 13.3. The lowest BCUT2D eigenvalue weighted by Gasteiger charge is -2.23. The number of hydrogen-bond acceptors (Lipinski definition) is 4. The van der Waals surface area contributed by atoms with Gasteiger partial charge in [0.15, 0.2) is 5.75 Å². The summed E-state index contributed by atoms with van der Waals surface area (Å²) in [5.41, 5.74) is 2.01. The summed E-state index contributed by atoms with van der Waals surface area (Å²) in [5.74, 6) is -0.115. The van der Waals surface area contributed by atoms with E-state index in [9.17, 15) is 14.9 Å². The van der Waals surface area contributed by atoms with Gasteiger partial charge in [0.1, 0.15) is 0 Å². The molecule has 6 heteroatoms. The fourth-order valence-electron chi connectivity index (χ4n) is 3.06. The number of hydrogen-bond donors (Lipinski definition) is 0. The smallest absolute Gasteiger partial charge is 0.311 e. The van der Waals surface area contributed by atoms with Crippen LogP contribution in [0.2, 0.25) is 0 Å². The molecular weight excluding hydrogens is 368 g/mol. The molecule has 3 rings (SSSR count). The van der Waals surface area contributed by atoms with Gasteiger partial charge in [0, 0.05) is 24.7 Å². The van der Waals surface area contributed by atoms with E-state index in [1.165, 1.54) is 12.1 Å². The molecule has 0 aliphatic carbocycles. The van der Waals surface area contributed by atoms with Crippen LogP contribution in [0.1, 0.15) is 28.4 Å². The molecular formula is C23H22N2O4. The van der Waals surface area contributed by atoms with Gasteiger partial charge in [-0.2, -0.15) is 0 Å². The molecule has 148 valence electrons. The van der Waals surface area contributed by atoms with E-state index in [1.54, 1.807) is 17.9 Å². The molecule has 0 saturated carbocycles. The van der Waals surface area contributed by atoms with Crippen molar-refractivity contribution >= 4 is 11.6 Å². The largest absolute Gasteiger partial charge is 0.487 e. The van der Waals surface area contributed by atoms with Gasteiger partial charge >= 0.3 is 5.69 Å². The predicted octanol–water partition coefficient (Wildman–Crippen LogP) is 4.84. The minimum atomic E-state index is -0.527. The van der Waals surface area contributed by atoms with Gasteiger partial charge in [-0.25, -0.2) is 0 Å². The summed E-state index contributed by atoms with van der Waals surface area (Å²) in [5, 5.41) is 11.4. The lowest BCUT2D eigenvalue weighted by atomic mass is 10.1. The molecule has 0 aromatic heterocycles. The highest BCUT2D eigenvalue weighted by atomic mass is 16.6. The Morgan fingerprint density at radius 3 is 1.97 bits per heavy atom. The Hall–Kier alpha value is -3.67. The normalized spacial score (nSPS) is 10.4. The Morgan fingerprint density at radius 2 is 1.48 bits per heavy atom. The Kier molecular flexibility index (Phi) is 6.58. The first kappa shape index (κ1) is 20.1. The first-order chi connectivity index (χ1) is 14.1. The average molecular weight is 390 g/mol. The molecule has 0 bridgehead atoms. The molecule has 0 spiro atoms. The molecule has 1 amide bonds. The Bertz CT molecular complexity index is 933. The van der Waals surface area contributed by atoms with Gasteiger partial charge in [-0.3, -0.25) is 14.9 Å². The summed E-state index contributed by atoms with van der Waals surface area (Å²) in [7, 11) is 0. The number of carbonyl (C=O) groups excluding carboxylic acids is 1. The van der Waals surface area contributed by atoms with Crippen LogP contribution in [-0.4, -0.2) is 22.3 Å². The van der Waals surface area contributed by atoms with Gasteiger partial charge in [0.05, 0.1) is 11.5 Å². The molecule has 0 N–H and O–H groups in total. The van der Waals surface area contributed by atoms with Gasteiger partial charge in [-0.1, -0.05) is 60.7 Å². The Morgan fingerprint density at radius 1 is 0.931 bits per heavy atom. The molecule has 0 aliphatic rings.